The first-order valence-electron chi connectivity index (χ1n) is 10.7. The molecule has 0 spiro atoms. The summed E-state index contributed by atoms with van der Waals surface area (Å²) in [5.74, 6) is 2.34. The summed E-state index contributed by atoms with van der Waals surface area (Å²) in [7, 11) is 0. The number of aliphatic imine (C=N–C) groups is 1. The van der Waals surface area contributed by atoms with Crippen LogP contribution in [-0.4, -0.2) is 42.5 Å². The topological polar surface area (TPSA) is 83.6 Å². The van der Waals surface area contributed by atoms with Gasteiger partial charge in [-0.25, -0.2) is 0 Å². The average Bonchev–Trinajstić information content (AvgIpc) is 3.37. The summed E-state index contributed by atoms with van der Waals surface area (Å²) in [4.78, 5) is 6.15. The van der Waals surface area contributed by atoms with Crippen molar-refractivity contribution in [1.82, 2.24) is 15.5 Å². The number of aromatic nitrogens is 2. The molecule has 0 saturated carbocycles. The first-order valence-corrected chi connectivity index (χ1v) is 11.6. The van der Waals surface area contributed by atoms with Crippen LogP contribution in [0.3, 0.4) is 0 Å². The fourth-order valence-corrected chi connectivity index (χ4v) is 4.07. The Morgan fingerprint density at radius 3 is 2.84 bits per heavy atom. The van der Waals surface area contributed by atoms with Crippen molar-refractivity contribution in [1.29, 1.82) is 0 Å². The second kappa shape index (κ2) is 12.7. The lowest BCUT2D eigenvalue weighted by Gasteiger charge is -2.14. The number of aryl methyl sites for hydroxylation is 2. The van der Waals surface area contributed by atoms with Gasteiger partial charge in [-0.15, -0.1) is 35.3 Å². The lowest BCUT2D eigenvalue weighted by molar-refractivity contribution is 0.297. The van der Waals surface area contributed by atoms with Gasteiger partial charge < -0.3 is 20.1 Å². The number of H-pyrrole nitrogens is 1. The van der Waals surface area contributed by atoms with Gasteiger partial charge in [0.05, 0.1) is 19.4 Å². The highest BCUT2D eigenvalue weighted by molar-refractivity contribution is 14.0. The van der Waals surface area contributed by atoms with E-state index in [2.05, 4.69) is 45.3 Å². The van der Waals surface area contributed by atoms with Gasteiger partial charge in [0.25, 0.3) is 0 Å². The third kappa shape index (κ3) is 7.13. The number of guanidine groups is 1. The zero-order chi connectivity index (χ0) is 21.3. The van der Waals surface area contributed by atoms with Crippen molar-refractivity contribution in [2.75, 3.05) is 31.6 Å². The molecular formula is C23H30IN5O2S. The van der Waals surface area contributed by atoms with Crippen LogP contribution >= 0.6 is 35.3 Å². The summed E-state index contributed by atoms with van der Waals surface area (Å²) in [6.07, 6.45) is 5.67. The van der Waals surface area contributed by atoms with Crippen LogP contribution in [0.25, 0.3) is 0 Å². The molecule has 172 valence electrons. The highest BCUT2D eigenvalue weighted by atomic mass is 127. The van der Waals surface area contributed by atoms with E-state index in [0.29, 0.717) is 13.2 Å². The number of thiophene rings is 1. The van der Waals surface area contributed by atoms with Gasteiger partial charge in [-0.05, 0) is 55.3 Å². The molecule has 3 heterocycles. The van der Waals surface area contributed by atoms with Crippen molar-refractivity contribution in [2.24, 2.45) is 4.99 Å². The molecule has 1 aromatic carbocycles. The van der Waals surface area contributed by atoms with Crippen molar-refractivity contribution >= 4 is 47.0 Å². The normalized spacial score (nSPS) is 13.2. The molecule has 7 nitrogen and oxygen atoms in total. The van der Waals surface area contributed by atoms with E-state index in [1.807, 2.05) is 24.4 Å². The third-order valence-electron chi connectivity index (χ3n) is 5.06. The van der Waals surface area contributed by atoms with Gasteiger partial charge in [0.15, 0.2) is 17.5 Å². The van der Waals surface area contributed by atoms with Gasteiger partial charge in [0, 0.05) is 41.8 Å². The minimum absolute atomic E-state index is 0. The van der Waals surface area contributed by atoms with E-state index in [1.165, 1.54) is 10.4 Å². The molecule has 0 bridgehead atoms. The van der Waals surface area contributed by atoms with Gasteiger partial charge in [-0.3, -0.25) is 10.1 Å². The Hall–Kier alpha value is -2.27. The zero-order valence-electron chi connectivity index (χ0n) is 18.2. The number of halogens is 1. The number of nitrogens with zero attached hydrogens (tertiary/aromatic N) is 2. The van der Waals surface area contributed by atoms with Crippen molar-refractivity contribution in [3.05, 3.63) is 58.0 Å². The molecule has 0 amide bonds. The van der Waals surface area contributed by atoms with Crippen molar-refractivity contribution in [3.63, 3.8) is 0 Å². The van der Waals surface area contributed by atoms with Crippen LogP contribution in [-0.2, 0) is 12.8 Å². The Balaban J connectivity index is 0.00000289. The van der Waals surface area contributed by atoms with E-state index < -0.39 is 0 Å². The summed E-state index contributed by atoms with van der Waals surface area (Å²) in [5, 5.41) is 16.1. The van der Waals surface area contributed by atoms with Gasteiger partial charge in [0.2, 0.25) is 0 Å². The number of benzene rings is 1. The van der Waals surface area contributed by atoms with Crippen LogP contribution in [0.2, 0.25) is 0 Å². The third-order valence-corrected chi connectivity index (χ3v) is 6.00. The Bertz CT molecular complexity index is 990. The first-order chi connectivity index (χ1) is 15.3. The van der Waals surface area contributed by atoms with Crippen molar-refractivity contribution < 1.29 is 9.47 Å². The van der Waals surface area contributed by atoms with E-state index in [1.54, 1.807) is 11.3 Å². The summed E-state index contributed by atoms with van der Waals surface area (Å²) in [5.41, 5.74) is 3.30. The molecule has 1 aliphatic heterocycles. The smallest absolute Gasteiger partial charge is 0.195 e. The average molecular weight is 567 g/mol. The van der Waals surface area contributed by atoms with E-state index in [4.69, 9.17) is 14.5 Å². The number of ether oxygens (including phenoxy) is 2. The molecule has 9 heteroatoms. The maximum absolute atomic E-state index is 5.82. The SMILES string of the molecule is Cc1[nH]ncc1CCCN=C(NCCc1cccs1)Nc1ccc2c(c1)OCCCO2.I. The Kier molecular flexibility index (Phi) is 9.66. The van der Waals surface area contributed by atoms with Gasteiger partial charge >= 0.3 is 0 Å². The minimum atomic E-state index is 0. The van der Waals surface area contributed by atoms with E-state index in [0.717, 1.165) is 67.6 Å². The molecule has 0 saturated heterocycles. The fraction of sp³-hybridized carbons (Fsp3) is 0.391. The summed E-state index contributed by atoms with van der Waals surface area (Å²) in [6.45, 7) is 4.95. The molecule has 32 heavy (non-hydrogen) atoms. The number of hydrogen-bond acceptors (Lipinski definition) is 5. The van der Waals surface area contributed by atoms with E-state index in [-0.39, 0.29) is 24.0 Å². The fourth-order valence-electron chi connectivity index (χ4n) is 3.36. The predicted octanol–water partition coefficient (Wildman–Crippen LogP) is 4.79. The Labute approximate surface area is 210 Å². The van der Waals surface area contributed by atoms with Crippen LogP contribution in [0.5, 0.6) is 11.5 Å². The summed E-state index contributed by atoms with van der Waals surface area (Å²) < 4.78 is 11.6. The van der Waals surface area contributed by atoms with Crippen LogP contribution in [0.4, 0.5) is 5.69 Å². The van der Waals surface area contributed by atoms with Crippen molar-refractivity contribution in [3.8, 4) is 11.5 Å². The van der Waals surface area contributed by atoms with E-state index >= 15 is 0 Å². The van der Waals surface area contributed by atoms with E-state index in [9.17, 15) is 0 Å². The molecule has 0 fully saturated rings. The lowest BCUT2D eigenvalue weighted by Crippen LogP contribution is -2.32. The molecule has 3 aromatic rings. The Morgan fingerprint density at radius 2 is 2.06 bits per heavy atom. The number of aromatic amines is 1. The number of anilines is 1. The molecule has 4 rings (SSSR count). The monoisotopic (exact) mass is 567 g/mol. The quantitative estimate of drug-likeness (QED) is 0.158. The van der Waals surface area contributed by atoms with Gasteiger partial charge in [-0.2, -0.15) is 5.10 Å². The molecule has 0 unspecified atom stereocenters. The highest BCUT2D eigenvalue weighted by Gasteiger charge is 2.11. The predicted molar refractivity (Wildman–Crippen MR) is 141 cm³/mol. The standard InChI is InChI=1S/C23H29N5O2S.HI/c1-17-18(16-26-28-17)5-2-10-24-23(25-11-9-20-6-3-14-31-20)27-19-7-8-21-22(15-19)30-13-4-12-29-21;/h3,6-8,14-16H,2,4-5,9-13H2,1H3,(H,26,28)(H2,24,25,27);1H. The van der Waals surface area contributed by atoms with Gasteiger partial charge in [0.1, 0.15) is 0 Å². The van der Waals surface area contributed by atoms with Crippen LogP contribution in [0.15, 0.2) is 46.9 Å². The van der Waals surface area contributed by atoms with Crippen LogP contribution < -0.4 is 20.1 Å². The number of fused-ring (bicyclic) bond motifs is 1. The molecular weight excluding hydrogens is 537 g/mol. The molecule has 2 aromatic heterocycles. The number of hydrogen-bond donors (Lipinski definition) is 3. The number of nitrogens with one attached hydrogen (secondary N) is 3. The molecule has 3 N–H and O–H groups in total. The van der Waals surface area contributed by atoms with Gasteiger partial charge in [-0.1, -0.05) is 6.07 Å². The number of rotatable bonds is 8. The first kappa shape index (κ1) is 24.4. The second-order valence-electron chi connectivity index (χ2n) is 7.45. The summed E-state index contributed by atoms with van der Waals surface area (Å²) >= 11 is 1.78. The minimum Gasteiger partial charge on any atom is -0.490 e. The molecule has 0 aliphatic carbocycles. The molecule has 0 radical (unpaired) electrons. The lowest BCUT2D eigenvalue weighted by atomic mass is 10.1. The maximum Gasteiger partial charge on any atom is 0.195 e. The maximum atomic E-state index is 5.82. The van der Waals surface area contributed by atoms with Crippen LogP contribution in [0.1, 0.15) is 29.0 Å². The summed E-state index contributed by atoms with van der Waals surface area (Å²) in [6, 6.07) is 10.2. The molecule has 1 aliphatic rings. The van der Waals surface area contributed by atoms with Crippen LogP contribution in [0, 0.1) is 6.92 Å². The largest absolute Gasteiger partial charge is 0.490 e. The Morgan fingerprint density at radius 1 is 1.19 bits per heavy atom. The zero-order valence-corrected chi connectivity index (χ0v) is 21.4. The highest BCUT2D eigenvalue weighted by Crippen LogP contribution is 2.32. The van der Waals surface area contributed by atoms with Crippen molar-refractivity contribution in [2.45, 2.75) is 32.6 Å². The molecule has 0 atom stereocenters. The second-order valence-corrected chi connectivity index (χ2v) is 8.48.